The van der Waals surface area contributed by atoms with Crippen molar-refractivity contribution in [1.29, 1.82) is 0 Å². The normalized spacial score (nSPS) is 18.9. The maximum atomic E-state index is 12.0. The molecule has 21 heavy (non-hydrogen) atoms. The molecule has 1 N–H and O–H groups in total. The number of hydrogen-bond acceptors (Lipinski definition) is 2. The zero-order valence-corrected chi connectivity index (χ0v) is 12.3. The van der Waals surface area contributed by atoms with E-state index in [4.69, 9.17) is 16.3 Å². The molecular weight excluding hydrogens is 286 g/mol. The Balaban J connectivity index is 1.87. The van der Waals surface area contributed by atoms with Gasteiger partial charge in [-0.05, 0) is 23.6 Å². The maximum Gasteiger partial charge on any atom is 0.253 e. The van der Waals surface area contributed by atoms with E-state index in [2.05, 4.69) is 5.32 Å². The van der Waals surface area contributed by atoms with Crippen LogP contribution in [0.15, 0.2) is 48.5 Å². The van der Waals surface area contributed by atoms with Crippen LogP contribution >= 0.6 is 11.6 Å². The van der Waals surface area contributed by atoms with Gasteiger partial charge in [0, 0.05) is 23.7 Å². The molecule has 1 aliphatic heterocycles. The zero-order valence-electron chi connectivity index (χ0n) is 11.5. The van der Waals surface area contributed by atoms with Gasteiger partial charge in [-0.1, -0.05) is 54.1 Å². The summed E-state index contributed by atoms with van der Waals surface area (Å²) in [6.07, 6.45) is 0.327. The van der Waals surface area contributed by atoms with E-state index < -0.39 is 6.10 Å². The van der Waals surface area contributed by atoms with Gasteiger partial charge in [0.15, 0.2) is 6.10 Å². The molecule has 0 aromatic heterocycles. The molecule has 1 fully saturated rings. The van der Waals surface area contributed by atoms with Gasteiger partial charge in [-0.3, -0.25) is 4.79 Å². The molecular formula is C17H16ClNO2. The van der Waals surface area contributed by atoms with Crippen LogP contribution < -0.4 is 5.32 Å². The predicted octanol–water partition coefficient (Wildman–Crippen LogP) is 3.58. The number of nitrogens with one attached hydrogen (secondary N) is 1. The first-order valence-corrected chi connectivity index (χ1v) is 7.38. The molecule has 0 spiro atoms. The summed E-state index contributed by atoms with van der Waals surface area (Å²) in [4.78, 5) is 12.0. The Kier molecular flexibility index (Phi) is 4.23. The third-order valence-corrected chi connectivity index (χ3v) is 3.87. The Hall–Kier alpha value is -1.84. The smallest absolute Gasteiger partial charge is 0.253 e. The summed E-state index contributed by atoms with van der Waals surface area (Å²) in [5.41, 5.74) is 2.88. The highest BCUT2D eigenvalue weighted by atomic mass is 35.5. The van der Waals surface area contributed by atoms with Crippen LogP contribution in [0, 0.1) is 0 Å². The summed E-state index contributed by atoms with van der Waals surface area (Å²) < 4.78 is 5.63. The lowest BCUT2D eigenvalue weighted by Gasteiger charge is -2.14. The number of amides is 1. The molecule has 0 radical (unpaired) electrons. The fraction of sp³-hybridized carbons (Fsp3) is 0.235. The third kappa shape index (κ3) is 3.09. The monoisotopic (exact) mass is 301 g/mol. The minimum absolute atomic E-state index is 0.0713. The Bertz CT molecular complexity index is 639. The fourth-order valence-electron chi connectivity index (χ4n) is 2.43. The summed E-state index contributed by atoms with van der Waals surface area (Å²) in [6, 6.07) is 15.5. The third-order valence-electron chi connectivity index (χ3n) is 3.54. The lowest BCUT2D eigenvalue weighted by molar-refractivity contribution is -0.131. The van der Waals surface area contributed by atoms with Gasteiger partial charge in [0.1, 0.15) is 0 Å². The molecule has 108 valence electrons. The molecule has 0 aliphatic carbocycles. The van der Waals surface area contributed by atoms with Crippen LogP contribution in [-0.4, -0.2) is 19.1 Å². The van der Waals surface area contributed by atoms with Gasteiger partial charge in [-0.2, -0.15) is 0 Å². The maximum absolute atomic E-state index is 12.0. The summed E-state index contributed by atoms with van der Waals surface area (Å²) >= 11 is 6.20. The second-order valence-corrected chi connectivity index (χ2v) is 5.40. The Labute approximate surface area is 128 Å². The van der Waals surface area contributed by atoms with Crippen molar-refractivity contribution < 1.29 is 9.53 Å². The summed E-state index contributed by atoms with van der Waals surface area (Å²) in [5, 5.41) is 3.58. The van der Waals surface area contributed by atoms with E-state index in [1.165, 1.54) is 0 Å². The second kappa shape index (κ2) is 6.29. The fourth-order valence-corrected chi connectivity index (χ4v) is 2.68. The first-order valence-electron chi connectivity index (χ1n) is 7.00. The van der Waals surface area contributed by atoms with Gasteiger partial charge >= 0.3 is 0 Å². The highest BCUT2D eigenvalue weighted by Gasteiger charge is 2.23. The number of carbonyl (C=O) groups excluding carboxylic acids is 1. The van der Waals surface area contributed by atoms with Crippen LogP contribution in [-0.2, 0) is 9.53 Å². The summed E-state index contributed by atoms with van der Waals surface area (Å²) in [5.74, 6) is -0.0713. The Morgan fingerprint density at radius 2 is 1.86 bits per heavy atom. The number of rotatable bonds is 2. The minimum Gasteiger partial charge on any atom is -0.364 e. The van der Waals surface area contributed by atoms with Crippen molar-refractivity contribution in [2.24, 2.45) is 0 Å². The van der Waals surface area contributed by atoms with E-state index in [9.17, 15) is 4.79 Å². The zero-order chi connectivity index (χ0) is 14.7. The molecule has 4 heteroatoms. The second-order valence-electron chi connectivity index (χ2n) is 5.00. The first-order chi connectivity index (χ1) is 10.3. The Morgan fingerprint density at radius 1 is 1.10 bits per heavy atom. The van der Waals surface area contributed by atoms with Crippen molar-refractivity contribution in [1.82, 2.24) is 5.32 Å². The van der Waals surface area contributed by atoms with Gasteiger partial charge in [0.25, 0.3) is 5.91 Å². The highest BCUT2D eigenvalue weighted by molar-refractivity contribution is 6.33. The molecule has 2 aromatic rings. The van der Waals surface area contributed by atoms with E-state index in [0.29, 0.717) is 18.2 Å². The number of halogens is 1. The molecule has 3 rings (SSSR count). The number of hydrogen-bond donors (Lipinski definition) is 1. The van der Waals surface area contributed by atoms with E-state index in [1.54, 1.807) is 0 Å². The average Bonchev–Trinajstić information content (AvgIpc) is 2.73. The van der Waals surface area contributed by atoms with E-state index in [0.717, 1.165) is 23.1 Å². The topological polar surface area (TPSA) is 38.3 Å². The average molecular weight is 302 g/mol. The standard InChI is InChI=1S/C17H16ClNO2/c18-15-5-2-1-4-14(15)12-6-8-13(9-7-12)16-17(20)19-10-3-11-21-16/h1-2,4-9,16H,3,10-11H2,(H,19,20). The van der Waals surface area contributed by atoms with E-state index in [-0.39, 0.29) is 5.91 Å². The molecule has 1 saturated heterocycles. The van der Waals surface area contributed by atoms with Crippen LogP contribution in [0.25, 0.3) is 11.1 Å². The van der Waals surface area contributed by atoms with Gasteiger partial charge in [-0.15, -0.1) is 0 Å². The van der Waals surface area contributed by atoms with Crippen molar-refractivity contribution in [3.05, 3.63) is 59.1 Å². The predicted molar refractivity (Wildman–Crippen MR) is 83.2 cm³/mol. The first kappa shape index (κ1) is 14.1. The van der Waals surface area contributed by atoms with Crippen LogP contribution in [0.1, 0.15) is 18.1 Å². The van der Waals surface area contributed by atoms with Crippen molar-refractivity contribution >= 4 is 17.5 Å². The van der Waals surface area contributed by atoms with Crippen LogP contribution in [0.4, 0.5) is 0 Å². The largest absolute Gasteiger partial charge is 0.364 e. The van der Waals surface area contributed by atoms with Crippen LogP contribution in [0.5, 0.6) is 0 Å². The lowest BCUT2D eigenvalue weighted by Crippen LogP contribution is -2.28. The molecule has 1 heterocycles. The van der Waals surface area contributed by atoms with Crippen molar-refractivity contribution in [2.45, 2.75) is 12.5 Å². The van der Waals surface area contributed by atoms with Gasteiger partial charge in [0.05, 0.1) is 0 Å². The van der Waals surface area contributed by atoms with Crippen molar-refractivity contribution in [3.63, 3.8) is 0 Å². The number of benzene rings is 2. The van der Waals surface area contributed by atoms with Crippen LogP contribution in [0.2, 0.25) is 5.02 Å². The molecule has 1 amide bonds. The van der Waals surface area contributed by atoms with Gasteiger partial charge in [0.2, 0.25) is 0 Å². The van der Waals surface area contributed by atoms with Crippen LogP contribution in [0.3, 0.4) is 0 Å². The Morgan fingerprint density at radius 3 is 2.62 bits per heavy atom. The molecule has 2 aromatic carbocycles. The number of ether oxygens (including phenoxy) is 1. The highest BCUT2D eigenvalue weighted by Crippen LogP contribution is 2.29. The quantitative estimate of drug-likeness (QED) is 0.920. The molecule has 1 unspecified atom stereocenters. The SMILES string of the molecule is O=C1NCCCOC1c1ccc(-c2ccccc2Cl)cc1. The molecule has 0 saturated carbocycles. The van der Waals surface area contributed by atoms with Gasteiger partial charge < -0.3 is 10.1 Å². The summed E-state index contributed by atoms with van der Waals surface area (Å²) in [6.45, 7) is 1.27. The minimum atomic E-state index is -0.521. The van der Waals surface area contributed by atoms with Crippen molar-refractivity contribution in [3.8, 4) is 11.1 Å². The van der Waals surface area contributed by atoms with E-state index >= 15 is 0 Å². The van der Waals surface area contributed by atoms with E-state index in [1.807, 2.05) is 48.5 Å². The molecule has 1 atom stereocenters. The van der Waals surface area contributed by atoms with Crippen molar-refractivity contribution in [2.75, 3.05) is 13.2 Å². The number of carbonyl (C=O) groups is 1. The summed E-state index contributed by atoms with van der Waals surface area (Å²) in [7, 11) is 0. The molecule has 3 nitrogen and oxygen atoms in total. The van der Waals surface area contributed by atoms with Gasteiger partial charge in [-0.25, -0.2) is 0 Å². The lowest BCUT2D eigenvalue weighted by atomic mass is 10.0. The molecule has 1 aliphatic rings. The molecule has 0 bridgehead atoms.